The van der Waals surface area contributed by atoms with Crippen molar-refractivity contribution in [3.8, 4) is 0 Å². The molecule has 0 aromatic heterocycles. The van der Waals surface area contributed by atoms with Crippen molar-refractivity contribution in [2.45, 2.75) is 19.8 Å². The number of nitrogens with one attached hydrogen (secondary N) is 1. The third kappa shape index (κ3) is 4.42. The van der Waals surface area contributed by atoms with Gasteiger partial charge in [-0.05, 0) is 32.2 Å². The predicted molar refractivity (Wildman–Crippen MR) is 58.0 cm³/mol. The Bertz CT molecular complexity index is 209. The maximum absolute atomic E-state index is 11.5. The molecule has 1 aliphatic rings. The Labute approximate surface area is 86.2 Å². The number of hydrogen-bond donors (Lipinski definition) is 1. The zero-order chi connectivity index (χ0) is 10.4. The normalized spacial score (nSPS) is 16.1. The van der Waals surface area contributed by atoms with Crippen LogP contribution >= 0.6 is 0 Å². The van der Waals surface area contributed by atoms with E-state index in [0.717, 1.165) is 12.5 Å². The molecule has 0 bridgehead atoms. The number of rotatable bonds is 6. The lowest BCUT2D eigenvalue weighted by Crippen LogP contribution is -2.36. The first-order chi connectivity index (χ1) is 6.74. The fourth-order valence-corrected chi connectivity index (χ4v) is 1.21. The van der Waals surface area contributed by atoms with E-state index in [1.54, 1.807) is 4.90 Å². The van der Waals surface area contributed by atoms with Crippen LogP contribution in [0.4, 0.5) is 0 Å². The summed E-state index contributed by atoms with van der Waals surface area (Å²) < 4.78 is 0. The molecule has 0 unspecified atom stereocenters. The summed E-state index contributed by atoms with van der Waals surface area (Å²) in [6.45, 7) is 4.15. The molecule has 3 heteroatoms. The summed E-state index contributed by atoms with van der Waals surface area (Å²) in [4.78, 5) is 13.2. The first-order valence-corrected chi connectivity index (χ1v) is 5.30. The average Bonchev–Trinajstić information content (AvgIpc) is 2.97. The van der Waals surface area contributed by atoms with Gasteiger partial charge in [0.2, 0.25) is 5.91 Å². The molecule has 1 aliphatic carbocycles. The zero-order valence-electron chi connectivity index (χ0n) is 9.12. The fraction of sp³-hybridized carbons (Fsp3) is 0.727. The number of likely N-dealkylation sites (N-methyl/N-ethyl adjacent to an activating group) is 1. The molecular formula is C11H20N2O. The number of carbonyl (C=O) groups excluding carboxylic acids is 1. The van der Waals surface area contributed by atoms with E-state index in [4.69, 9.17) is 0 Å². The molecule has 1 amide bonds. The Morgan fingerprint density at radius 3 is 2.86 bits per heavy atom. The van der Waals surface area contributed by atoms with E-state index in [1.807, 2.05) is 26.1 Å². The van der Waals surface area contributed by atoms with E-state index < -0.39 is 0 Å². The molecule has 1 rings (SSSR count). The monoisotopic (exact) mass is 196 g/mol. The smallest absolute Gasteiger partial charge is 0.236 e. The summed E-state index contributed by atoms with van der Waals surface area (Å²) in [7, 11) is 1.83. The molecule has 0 atom stereocenters. The van der Waals surface area contributed by atoms with Crippen molar-refractivity contribution in [1.82, 2.24) is 10.2 Å². The minimum absolute atomic E-state index is 0.170. The summed E-state index contributed by atoms with van der Waals surface area (Å²) >= 11 is 0. The molecule has 1 N–H and O–H groups in total. The minimum Gasteiger partial charge on any atom is -0.341 e. The highest BCUT2D eigenvalue weighted by atomic mass is 16.2. The van der Waals surface area contributed by atoms with Crippen LogP contribution in [-0.4, -0.2) is 37.5 Å². The van der Waals surface area contributed by atoms with Crippen molar-refractivity contribution in [2.75, 3.05) is 26.7 Å². The van der Waals surface area contributed by atoms with Crippen LogP contribution in [0.1, 0.15) is 19.8 Å². The highest BCUT2D eigenvalue weighted by Crippen LogP contribution is 2.27. The highest BCUT2D eigenvalue weighted by molar-refractivity contribution is 5.78. The SMILES string of the molecule is C/C=C\CN(C)C(=O)CNCC1CC1. The maximum atomic E-state index is 11.5. The van der Waals surface area contributed by atoms with Gasteiger partial charge in [0.1, 0.15) is 0 Å². The molecule has 1 fully saturated rings. The number of amides is 1. The zero-order valence-corrected chi connectivity index (χ0v) is 9.12. The molecule has 0 aromatic rings. The first kappa shape index (κ1) is 11.2. The van der Waals surface area contributed by atoms with Crippen LogP contribution < -0.4 is 5.32 Å². The van der Waals surface area contributed by atoms with Gasteiger partial charge in [0, 0.05) is 13.6 Å². The predicted octanol–water partition coefficient (Wildman–Crippen LogP) is 1.02. The summed E-state index contributed by atoms with van der Waals surface area (Å²) in [5.74, 6) is 1.01. The van der Waals surface area contributed by atoms with Crippen LogP contribution in [0.3, 0.4) is 0 Å². The molecule has 14 heavy (non-hydrogen) atoms. The molecule has 0 aromatic carbocycles. The fourth-order valence-electron chi connectivity index (χ4n) is 1.21. The van der Waals surface area contributed by atoms with Crippen LogP contribution in [-0.2, 0) is 4.79 Å². The van der Waals surface area contributed by atoms with Gasteiger partial charge in [0.25, 0.3) is 0 Å². The molecule has 0 spiro atoms. The second-order valence-corrected chi connectivity index (χ2v) is 3.92. The van der Waals surface area contributed by atoms with Crippen molar-refractivity contribution in [1.29, 1.82) is 0 Å². The van der Waals surface area contributed by atoms with Gasteiger partial charge in [-0.3, -0.25) is 4.79 Å². The maximum Gasteiger partial charge on any atom is 0.236 e. The molecule has 80 valence electrons. The molecule has 0 heterocycles. The van der Waals surface area contributed by atoms with Gasteiger partial charge >= 0.3 is 0 Å². The Balaban J connectivity index is 2.05. The van der Waals surface area contributed by atoms with E-state index >= 15 is 0 Å². The van der Waals surface area contributed by atoms with E-state index in [-0.39, 0.29) is 5.91 Å². The van der Waals surface area contributed by atoms with Crippen LogP contribution in [0, 0.1) is 5.92 Å². The summed E-state index contributed by atoms with van der Waals surface area (Å²) in [6.07, 6.45) is 6.60. The summed E-state index contributed by atoms with van der Waals surface area (Å²) in [5, 5.41) is 3.19. The lowest BCUT2D eigenvalue weighted by Gasteiger charge is -2.15. The largest absolute Gasteiger partial charge is 0.341 e. The Kier molecular flexibility index (Phi) is 4.66. The first-order valence-electron chi connectivity index (χ1n) is 5.30. The molecule has 0 aliphatic heterocycles. The third-order valence-corrected chi connectivity index (χ3v) is 2.45. The van der Waals surface area contributed by atoms with E-state index in [9.17, 15) is 4.79 Å². The van der Waals surface area contributed by atoms with Crippen molar-refractivity contribution < 1.29 is 4.79 Å². The number of nitrogens with zero attached hydrogens (tertiary/aromatic N) is 1. The second-order valence-electron chi connectivity index (χ2n) is 3.92. The van der Waals surface area contributed by atoms with Crippen LogP contribution in [0.2, 0.25) is 0 Å². The summed E-state index contributed by atoms with van der Waals surface area (Å²) in [6, 6.07) is 0. The van der Waals surface area contributed by atoms with E-state index in [2.05, 4.69) is 5.32 Å². The molecule has 3 nitrogen and oxygen atoms in total. The minimum atomic E-state index is 0.170. The average molecular weight is 196 g/mol. The van der Waals surface area contributed by atoms with Gasteiger partial charge < -0.3 is 10.2 Å². The van der Waals surface area contributed by atoms with Gasteiger partial charge in [-0.15, -0.1) is 0 Å². The van der Waals surface area contributed by atoms with Crippen molar-refractivity contribution in [2.24, 2.45) is 5.92 Å². The van der Waals surface area contributed by atoms with Gasteiger partial charge in [0.15, 0.2) is 0 Å². The topological polar surface area (TPSA) is 32.3 Å². The quantitative estimate of drug-likeness (QED) is 0.643. The van der Waals surface area contributed by atoms with Crippen LogP contribution in [0.15, 0.2) is 12.2 Å². The number of carbonyl (C=O) groups is 1. The lowest BCUT2D eigenvalue weighted by atomic mass is 10.4. The van der Waals surface area contributed by atoms with Crippen LogP contribution in [0.25, 0.3) is 0 Å². The standard InChI is InChI=1S/C11H20N2O/c1-3-4-7-13(2)11(14)9-12-8-10-5-6-10/h3-4,10,12H,5-9H2,1-2H3/b4-3-. The number of allylic oxidation sites excluding steroid dienone is 1. The van der Waals surface area contributed by atoms with E-state index in [1.165, 1.54) is 12.8 Å². The van der Waals surface area contributed by atoms with Gasteiger partial charge in [-0.2, -0.15) is 0 Å². The molecule has 1 saturated carbocycles. The van der Waals surface area contributed by atoms with Crippen molar-refractivity contribution >= 4 is 5.91 Å². The summed E-state index contributed by atoms with van der Waals surface area (Å²) in [5.41, 5.74) is 0. The Morgan fingerprint density at radius 2 is 2.29 bits per heavy atom. The second kappa shape index (κ2) is 5.81. The number of hydrogen-bond acceptors (Lipinski definition) is 2. The Morgan fingerprint density at radius 1 is 1.57 bits per heavy atom. The third-order valence-electron chi connectivity index (χ3n) is 2.45. The molecular weight excluding hydrogens is 176 g/mol. The van der Waals surface area contributed by atoms with Gasteiger partial charge in [-0.1, -0.05) is 12.2 Å². The Hall–Kier alpha value is -0.830. The lowest BCUT2D eigenvalue weighted by molar-refractivity contribution is -0.128. The van der Waals surface area contributed by atoms with Crippen molar-refractivity contribution in [3.63, 3.8) is 0 Å². The van der Waals surface area contributed by atoms with Gasteiger partial charge in [-0.25, -0.2) is 0 Å². The molecule has 0 saturated heterocycles. The van der Waals surface area contributed by atoms with Crippen LogP contribution in [0.5, 0.6) is 0 Å². The highest BCUT2D eigenvalue weighted by Gasteiger charge is 2.20. The van der Waals surface area contributed by atoms with Gasteiger partial charge in [0.05, 0.1) is 6.54 Å². The van der Waals surface area contributed by atoms with E-state index in [0.29, 0.717) is 13.1 Å². The van der Waals surface area contributed by atoms with Crippen molar-refractivity contribution in [3.05, 3.63) is 12.2 Å². The molecule has 0 radical (unpaired) electrons.